The lowest BCUT2D eigenvalue weighted by molar-refractivity contribution is 1.66. The summed E-state index contributed by atoms with van der Waals surface area (Å²) in [6, 6.07) is 10.1. The van der Waals surface area contributed by atoms with Crippen LogP contribution in [0.1, 0.15) is 5.56 Å². The Bertz CT molecular complexity index is 249. The van der Waals surface area contributed by atoms with E-state index in [2.05, 4.69) is 13.2 Å². The average Bonchev–Trinajstić information content (AvgIpc) is 2.07. The first kappa shape index (κ1) is 8.15. The zero-order valence-corrected chi connectivity index (χ0v) is 7.10. The molecule has 0 aliphatic heterocycles. The highest BCUT2D eigenvalue weighted by atomic mass is 32.2. The van der Waals surface area contributed by atoms with Gasteiger partial charge in [-0.2, -0.15) is 0 Å². The Labute approximate surface area is 71.6 Å². The van der Waals surface area contributed by atoms with Gasteiger partial charge in [0, 0.05) is 4.91 Å². The van der Waals surface area contributed by atoms with Crippen molar-refractivity contribution in [2.75, 3.05) is 0 Å². The minimum absolute atomic E-state index is 1.04. The molecule has 0 atom stereocenters. The molecule has 1 rings (SSSR count). The molecule has 1 heteroatoms. The minimum Gasteiger partial charge on any atom is -0.0987 e. The SMILES string of the molecule is C=CSC(=C)c1ccccc1. The van der Waals surface area contributed by atoms with E-state index in [1.165, 1.54) is 0 Å². The van der Waals surface area contributed by atoms with Crippen LogP contribution in [-0.4, -0.2) is 0 Å². The second-order valence-electron chi connectivity index (χ2n) is 2.07. The van der Waals surface area contributed by atoms with Crippen LogP contribution in [0, 0.1) is 0 Å². The smallest absolute Gasteiger partial charge is 0.0116 e. The first-order valence-electron chi connectivity index (χ1n) is 3.36. The van der Waals surface area contributed by atoms with Gasteiger partial charge in [-0.3, -0.25) is 0 Å². The summed E-state index contributed by atoms with van der Waals surface area (Å²) in [6.07, 6.45) is 0. The Kier molecular flexibility index (Phi) is 2.99. The van der Waals surface area contributed by atoms with Crippen molar-refractivity contribution in [1.29, 1.82) is 0 Å². The van der Waals surface area contributed by atoms with Gasteiger partial charge in [-0.1, -0.05) is 55.3 Å². The van der Waals surface area contributed by atoms with Gasteiger partial charge in [-0.05, 0) is 11.0 Å². The van der Waals surface area contributed by atoms with Crippen LogP contribution in [0.3, 0.4) is 0 Å². The highest BCUT2D eigenvalue weighted by Gasteiger charge is 1.93. The third-order valence-corrected chi connectivity index (χ3v) is 2.01. The van der Waals surface area contributed by atoms with E-state index in [9.17, 15) is 0 Å². The van der Waals surface area contributed by atoms with Gasteiger partial charge in [-0.15, -0.1) is 0 Å². The fourth-order valence-corrected chi connectivity index (χ4v) is 1.27. The van der Waals surface area contributed by atoms with E-state index >= 15 is 0 Å². The quantitative estimate of drug-likeness (QED) is 0.655. The van der Waals surface area contributed by atoms with E-state index in [0.717, 1.165) is 10.5 Å². The second kappa shape index (κ2) is 4.04. The van der Waals surface area contributed by atoms with E-state index in [1.807, 2.05) is 30.3 Å². The molecule has 1 aromatic carbocycles. The molecule has 0 amide bonds. The van der Waals surface area contributed by atoms with Crippen LogP contribution in [0.25, 0.3) is 4.91 Å². The Morgan fingerprint density at radius 1 is 1.27 bits per heavy atom. The van der Waals surface area contributed by atoms with Crippen LogP contribution >= 0.6 is 11.8 Å². The van der Waals surface area contributed by atoms with Crippen LogP contribution < -0.4 is 0 Å². The van der Waals surface area contributed by atoms with Crippen LogP contribution in [0.2, 0.25) is 0 Å². The van der Waals surface area contributed by atoms with Crippen LogP contribution in [0.5, 0.6) is 0 Å². The van der Waals surface area contributed by atoms with E-state index < -0.39 is 0 Å². The molecule has 0 spiro atoms. The standard InChI is InChI=1S/C10H10S/c1-3-11-9(2)10-7-5-4-6-8-10/h3-8H,1-2H2. The van der Waals surface area contributed by atoms with E-state index in [0.29, 0.717) is 0 Å². The molecule has 0 bridgehead atoms. The predicted molar refractivity (Wildman–Crippen MR) is 53.3 cm³/mol. The van der Waals surface area contributed by atoms with Crippen molar-refractivity contribution in [2.45, 2.75) is 0 Å². The zero-order valence-electron chi connectivity index (χ0n) is 6.29. The van der Waals surface area contributed by atoms with E-state index in [4.69, 9.17) is 0 Å². The van der Waals surface area contributed by atoms with Crippen molar-refractivity contribution in [1.82, 2.24) is 0 Å². The maximum atomic E-state index is 3.91. The molecule has 0 unspecified atom stereocenters. The van der Waals surface area contributed by atoms with Gasteiger partial charge >= 0.3 is 0 Å². The van der Waals surface area contributed by atoms with Gasteiger partial charge in [0.05, 0.1) is 0 Å². The molecule has 0 aliphatic carbocycles. The monoisotopic (exact) mass is 162 g/mol. The first-order chi connectivity index (χ1) is 5.34. The molecule has 0 radical (unpaired) electrons. The summed E-state index contributed by atoms with van der Waals surface area (Å²) in [5.41, 5.74) is 1.16. The lowest BCUT2D eigenvalue weighted by Crippen LogP contribution is -1.73. The molecule has 0 nitrogen and oxygen atoms in total. The summed E-state index contributed by atoms with van der Waals surface area (Å²) in [7, 11) is 0. The molecule has 0 N–H and O–H groups in total. The maximum Gasteiger partial charge on any atom is 0.0116 e. The summed E-state index contributed by atoms with van der Waals surface area (Å²) < 4.78 is 0. The Hall–Kier alpha value is -0.950. The molecule has 0 heterocycles. The third kappa shape index (κ3) is 2.28. The normalized spacial score (nSPS) is 9.09. The van der Waals surface area contributed by atoms with E-state index in [-0.39, 0.29) is 0 Å². The van der Waals surface area contributed by atoms with E-state index in [1.54, 1.807) is 17.2 Å². The molecule has 1 aromatic rings. The average molecular weight is 162 g/mol. The number of rotatable bonds is 3. The number of hydrogen-bond acceptors (Lipinski definition) is 1. The number of benzene rings is 1. The predicted octanol–water partition coefficient (Wildman–Crippen LogP) is 3.53. The van der Waals surface area contributed by atoms with Crippen LogP contribution in [-0.2, 0) is 0 Å². The van der Waals surface area contributed by atoms with Gasteiger partial charge in [0.2, 0.25) is 0 Å². The molecule has 11 heavy (non-hydrogen) atoms. The van der Waals surface area contributed by atoms with Gasteiger partial charge in [0.1, 0.15) is 0 Å². The lowest BCUT2D eigenvalue weighted by atomic mass is 10.2. The zero-order chi connectivity index (χ0) is 8.10. The van der Waals surface area contributed by atoms with Gasteiger partial charge in [-0.25, -0.2) is 0 Å². The fourth-order valence-electron chi connectivity index (χ4n) is 0.793. The van der Waals surface area contributed by atoms with Crippen LogP contribution in [0.4, 0.5) is 0 Å². The van der Waals surface area contributed by atoms with Gasteiger partial charge < -0.3 is 0 Å². The molecule has 0 fully saturated rings. The Morgan fingerprint density at radius 2 is 1.91 bits per heavy atom. The molecule has 0 saturated carbocycles. The highest BCUT2D eigenvalue weighted by Crippen LogP contribution is 2.24. The summed E-state index contributed by atoms with van der Waals surface area (Å²) in [5, 5.41) is 1.79. The molecule has 0 aliphatic rings. The summed E-state index contributed by atoms with van der Waals surface area (Å²) in [5.74, 6) is 0. The third-order valence-electron chi connectivity index (χ3n) is 1.32. The largest absolute Gasteiger partial charge is 0.0987 e. The first-order valence-corrected chi connectivity index (χ1v) is 4.24. The van der Waals surface area contributed by atoms with Crippen molar-refractivity contribution in [3.8, 4) is 0 Å². The summed E-state index contributed by atoms with van der Waals surface area (Å²) >= 11 is 1.55. The number of hydrogen-bond donors (Lipinski definition) is 0. The Balaban J connectivity index is 2.77. The minimum atomic E-state index is 1.04. The van der Waals surface area contributed by atoms with Crippen molar-refractivity contribution < 1.29 is 0 Å². The Morgan fingerprint density at radius 3 is 2.45 bits per heavy atom. The van der Waals surface area contributed by atoms with Gasteiger partial charge in [0.15, 0.2) is 0 Å². The van der Waals surface area contributed by atoms with Crippen molar-refractivity contribution >= 4 is 16.7 Å². The molecular weight excluding hydrogens is 152 g/mol. The number of thioether (sulfide) groups is 1. The van der Waals surface area contributed by atoms with Crippen molar-refractivity contribution in [3.63, 3.8) is 0 Å². The van der Waals surface area contributed by atoms with Crippen molar-refractivity contribution in [3.05, 3.63) is 54.5 Å². The molecule has 0 saturated heterocycles. The molecule has 0 aromatic heterocycles. The molecular formula is C10H10S. The van der Waals surface area contributed by atoms with Crippen LogP contribution in [0.15, 0.2) is 48.9 Å². The molecule has 56 valence electrons. The lowest BCUT2D eigenvalue weighted by Gasteiger charge is -1.99. The summed E-state index contributed by atoms with van der Waals surface area (Å²) in [6.45, 7) is 7.53. The fraction of sp³-hybridized carbons (Fsp3) is 0. The van der Waals surface area contributed by atoms with Crippen molar-refractivity contribution in [2.24, 2.45) is 0 Å². The topological polar surface area (TPSA) is 0 Å². The summed E-state index contributed by atoms with van der Waals surface area (Å²) in [4.78, 5) is 1.04. The highest BCUT2D eigenvalue weighted by molar-refractivity contribution is 8.10. The second-order valence-corrected chi connectivity index (χ2v) is 3.14. The van der Waals surface area contributed by atoms with Gasteiger partial charge in [0.25, 0.3) is 0 Å². The maximum absolute atomic E-state index is 3.91.